The van der Waals surface area contributed by atoms with E-state index in [-0.39, 0.29) is 45.8 Å². The van der Waals surface area contributed by atoms with Crippen LogP contribution in [-0.2, 0) is 19.0 Å². The normalized spacial score (nSPS) is 27.8. The van der Waals surface area contributed by atoms with Crippen LogP contribution in [0.5, 0.6) is 0 Å². The summed E-state index contributed by atoms with van der Waals surface area (Å²) in [6, 6.07) is 5.15. The summed E-state index contributed by atoms with van der Waals surface area (Å²) in [6.45, 7) is 0.696. The minimum absolute atomic E-state index is 0.0119. The minimum Gasteiger partial charge on any atom is -0.394 e. The molecule has 3 aromatic rings. The van der Waals surface area contributed by atoms with E-state index >= 15 is 0 Å². The number of aliphatic hydroxyl groups is 3. The monoisotopic (exact) mass is 628 g/mol. The lowest BCUT2D eigenvalue weighted by Crippen LogP contribution is -2.63. The molecule has 2 aliphatic rings. The van der Waals surface area contributed by atoms with Crippen LogP contribution in [0.15, 0.2) is 36.5 Å². The van der Waals surface area contributed by atoms with Gasteiger partial charge < -0.3 is 34.4 Å². The van der Waals surface area contributed by atoms with E-state index in [4.69, 9.17) is 37.4 Å². The molecular weight excluding hydrogens is 601 g/mol. The van der Waals surface area contributed by atoms with E-state index in [0.717, 1.165) is 4.68 Å². The summed E-state index contributed by atoms with van der Waals surface area (Å²) < 4.78 is 47.1. The van der Waals surface area contributed by atoms with Crippen LogP contribution in [0.1, 0.15) is 11.6 Å². The Morgan fingerprint density at radius 3 is 2.50 bits per heavy atom. The van der Waals surface area contributed by atoms with E-state index in [0.29, 0.717) is 0 Å². The molecule has 2 fully saturated rings. The Bertz CT molecular complexity index is 1440. The van der Waals surface area contributed by atoms with Crippen molar-refractivity contribution in [1.29, 1.82) is 0 Å². The van der Waals surface area contributed by atoms with Gasteiger partial charge in [0.15, 0.2) is 17.7 Å². The third-order valence-electron chi connectivity index (χ3n) is 7.47. The molecule has 1 aromatic heterocycles. The van der Waals surface area contributed by atoms with E-state index in [9.17, 15) is 28.9 Å². The smallest absolute Gasteiger partial charge is 0.259 e. The second-order valence-corrected chi connectivity index (χ2v) is 11.0. The van der Waals surface area contributed by atoms with Crippen LogP contribution >= 0.6 is 23.2 Å². The first-order valence-corrected chi connectivity index (χ1v) is 13.7. The van der Waals surface area contributed by atoms with Crippen molar-refractivity contribution < 1.29 is 43.1 Å². The molecule has 1 amide bonds. The molecule has 15 heteroatoms. The fraction of sp³-hybridized carbons (Fsp3) is 0.444. The van der Waals surface area contributed by atoms with E-state index in [1.807, 2.05) is 0 Å². The fourth-order valence-electron chi connectivity index (χ4n) is 5.32. The first kappa shape index (κ1) is 30.7. The van der Waals surface area contributed by atoms with Gasteiger partial charge in [-0.1, -0.05) is 34.5 Å². The molecule has 5 unspecified atom stereocenters. The number of hydrogen-bond acceptors (Lipinski definition) is 9. The number of halogens is 4. The van der Waals surface area contributed by atoms with Crippen molar-refractivity contribution in [1.82, 2.24) is 15.0 Å². The second kappa shape index (κ2) is 12.5. The number of carbonyl (C=O) groups is 1. The van der Waals surface area contributed by atoms with Crippen molar-refractivity contribution in [2.45, 2.75) is 49.5 Å². The van der Waals surface area contributed by atoms with Gasteiger partial charge >= 0.3 is 0 Å². The summed E-state index contributed by atoms with van der Waals surface area (Å²) in [7, 11) is 1.29. The third kappa shape index (κ3) is 5.63. The number of rotatable bonds is 7. The van der Waals surface area contributed by atoms with Crippen LogP contribution in [-0.4, -0.2) is 99.7 Å². The largest absolute Gasteiger partial charge is 0.394 e. The molecule has 2 aromatic carbocycles. The molecule has 5 rings (SSSR count). The molecule has 0 bridgehead atoms. The Morgan fingerprint density at radius 2 is 1.88 bits per heavy atom. The van der Waals surface area contributed by atoms with Crippen molar-refractivity contribution in [3.63, 3.8) is 0 Å². The number of ether oxygens (including phenoxy) is 3. The van der Waals surface area contributed by atoms with Gasteiger partial charge in [0.2, 0.25) is 0 Å². The summed E-state index contributed by atoms with van der Waals surface area (Å²) in [5.74, 6) is -2.86. The van der Waals surface area contributed by atoms with Crippen LogP contribution < -0.4 is 4.90 Å². The highest BCUT2D eigenvalue weighted by atomic mass is 35.5. The summed E-state index contributed by atoms with van der Waals surface area (Å²) in [4.78, 5) is 15.5. The molecule has 42 heavy (non-hydrogen) atoms. The van der Waals surface area contributed by atoms with Gasteiger partial charge in [0.1, 0.15) is 36.2 Å². The first-order chi connectivity index (χ1) is 20.0. The predicted molar refractivity (Wildman–Crippen MR) is 146 cm³/mol. The fourth-order valence-corrected chi connectivity index (χ4v) is 5.84. The van der Waals surface area contributed by atoms with Gasteiger partial charge in [0.25, 0.3) is 5.91 Å². The van der Waals surface area contributed by atoms with Crippen LogP contribution in [0.4, 0.5) is 14.5 Å². The van der Waals surface area contributed by atoms with Gasteiger partial charge in [0, 0.05) is 28.4 Å². The number of hydrogen-bond donors (Lipinski definition) is 3. The number of aliphatic hydroxyl groups excluding tert-OH is 3. The molecular formula is C27H28Cl2F2N4O7. The summed E-state index contributed by atoms with van der Waals surface area (Å²) >= 11 is 12.5. The Balaban J connectivity index is 1.55. The summed E-state index contributed by atoms with van der Waals surface area (Å²) in [6.07, 6.45) is -5.24. The molecule has 226 valence electrons. The highest BCUT2D eigenvalue weighted by Gasteiger charge is 2.52. The Kier molecular flexibility index (Phi) is 9.11. The molecule has 11 nitrogen and oxygen atoms in total. The Labute approximate surface area is 249 Å². The molecule has 2 saturated heterocycles. The number of aromatic nitrogens is 3. The number of methoxy groups -OCH3 is 1. The van der Waals surface area contributed by atoms with Crippen molar-refractivity contribution in [2.24, 2.45) is 0 Å². The highest BCUT2D eigenvalue weighted by molar-refractivity contribution is 6.35. The quantitative estimate of drug-likeness (QED) is 0.360. The molecule has 7 atom stereocenters. The second-order valence-electron chi connectivity index (χ2n) is 10.1. The average molecular weight is 629 g/mol. The Hall–Kier alpha value is -2.75. The van der Waals surface area contributed by atoms with E-state index in [1.54, 1.807) is 0 Å². The maximum atomic E-state index is 14.7. The van der Waals surface area contributed by atoms with Crippen molar-refractivity contribution in [2.75, 3.05) is 31.8 Å². The van der Waals surface area contributed by atoms with Gasteiger partial charge in [-0.3, -0.25) is 4.79 Å². The van der Waals surface area contributed by atoms with Gasteiger partial charge in [-0.2, -0.15) is 0 Å². The molecule has 0 saturated carbocycles. The summed E-state index contributed by atoms with van der Waals surface area (Å²) in [5.41, 5.74) is 0.155. The zero-order valence-electron chi connectivity index (χ0n) is 22.4. The third-order valence-corrected chi connectivity index (χ3v) is 7.90. The molecule has 2 aliphatic heterocycles. The maximum Gasteiger partial charge on any atom is 0.259 e. The lowest BCUT2D eigenvalue weighted by molar-refractivity contribution is -0.211. The Morgan fingerprint density at radius 1 is 1.17 bits per heavy atom. The zero-order chi connectivity index (χ0) is 30.3. The van der Waals surface area contributed by atoms with Crippen molar-refractivity contribution in [3.05, 3.63) is 63.8 Å². The first-order valence-electron chi connectivity index (χ1n) is 12.9. The zero-order valence-corrected chi connectivity index (χ0v) is 23.9. The lowest BCUT2D eigenvalue weighted by Gasteiger charge is -2.45. The van der Waals surface area contributed by atoms with E-state index < -0.39 is 66.8 Å². The number of anilines is 1. The average Bonchev–Trinajstić information content (AvgIpc) is 3.60. The molecule has 0 radical (unpaired) electrons. The van der Waals surface area contributed by atoms with E-state index in [2.05, 4.69) is 10.3 Å². The number of nitrogens with zero attached hydrogens (tertiary/aromatic N) is 4. The van der Waals surface area contributed by atoms with Crippen LogP contribution in [0.3, 0.4) is 0 Å². The SMILES string of the molecule is COC1C(C(=O)N(c2cc(Cl)cc(Cl)c2)[C@H]2COC[C@@H]2O)OC(CO)C(O)C1n1cc(-c2ccc(C)c(F)c2F)nn1. The molecule has 0 spiro atoms. The van der Waals surface area contributed by atoms with Gasteiger partial charge in [-0.15, -0.1) is 5.10 Å². The number of carbonyl (C=O) groups excluding carboxylic acids is 1. The predicted octanol–water partition coefficient (Wildman–Crippen LogP) is 2.31. The number of aryl methyl sites for hydroxylation is 1. The van der Waals surface area contributed by atoms with E-state index in [1.165, 1.54) is 55.5 Å². The van der Waals surface area contributed by atoms with Crippen LogP contribution in [0, 0.1) is 18.6 Å². The standard InChI is InChI=1S/C27H28Cl2F2N4O7/c1-12-3-4-16(22(31)21(12)30)17-8-34(33-32-17)23-24(38)20(9-36)42-26(25(23)40-2)27(39)35(18-10-41-11-19(18)37)15-6-13(28)5-14(29)7-15/h3-8,18-20,23-26,36-38H,9-11H2,1-2H3/t18-,19-,20?,23?,24?,25?,26?/m0/s1. The topological polar surface area (TPSA) is 139 Å². The van der Waals surface area contributed by atoms with Gasteiger partial charge in [0.05, 0.1) is 32.1 Å². The summed E-state index contributed by atoms with van der Waals surface area (Å²) in [5, 5.41) is 40.3. The number of amides is 1. The maximum absolute atomic E-state index is 14.7. The lowest BCUT2D eigenvalue weighted by atomic mass is 9.91. The molecule has 3 N–H and O–H groups in total. The van der Waals surface area contributed by atoms with Crippen LogP contribution in [0.2, 0.25) is 10.0 Å². The van der Waals surface area contributed by atoms with Gasteiger partial charge in [-0.05, 0) is 36.8 Å². The number of benzene rings is 2. The molecule has 3 heterocycles. The molecule has 0 aliphatic carbocycles. The highest BCUT2D eigenvalue weighted by Crippen LogP contribution is 2.37. The van der Waals surface area contributed by atoms with Crippen LogP contribution in [0.25, 0.3) is 11.3 Å². The van der Waals surface area contributed by atoms with Crippen molar-refractivity contribution in [3.8, 4) is 11.3 Å². The van der Waals surface area contributed by atoms with Crippen molar-refractivity contribution >= 4 is 34.8 Å². The minimum atomic E-state index is -1.47. The van der Waals surface area contributed by atoms with Gasteiger partial charge in [-0.25, -0.2) is 13.5 Å².